The third-order valence-corrected chi connectivity index (χ3v) is 2.21. The number of ether oxygens (including phenoxy) is 1. The first-order valence-electron chi connectivity index (χ1n) is 5.39. The highest BCUT2D eigenvalue weighted by atomic mass is 35.5. The molecule has 1 rings (SSSR count). The third kappa shape index (κ3) is 5.04. The molecule has 0 saturated heterocycles. The number of nitrogens with one attached hydrogen (secondary N) is 1. The molecule has 4 nitrogen and oxygen atoms in total. The van der Waals surface area contributed by atoms with Gasteiger partial charge in [0.1, 0.15) is 10.8 Å². The standard InChI is InChI=1S/C12H17ClN2O2/c1-8(9-5-6-10(13)14-7-9)15-11(16)17-12(2,3)4/h5-8H,1-4H3,(H,15,16). The summed E-state index contributed by atoms with van der Waals surface area (Å²) in [6, 6.07) is 3.33. The molecule has 0 radical (unpaired) electrons. The molecule has 0 aliphatic rings. The minimum atomic E-state index is -0.498. The summed E-state index contributed by atoms with van der Waals surface area (Å²) in [6.45, 7) is 7.32. The van der Waals surface area contributed by atoms with Crippen LogP contribution in [0.1, 0.15) is 39.3 Å². The van der Waals surface area contributed by atoms with Crippen LogP contribution in [0.25, 0.3) is 0 Å². The number of hydrogen-bond donors (Lipinski definition) is 1. The minimum Gasteiger partial charge on any atom is -0.444 e. The number of amides is 1. The lowest BCUT2D eigenvalue weighted by molar-refractivity contribution is 0.0508. The van der Waals surface area contributed by atoms with Crippen molar-refractivity contribution in [3.63, 3.8) is 0 Å². The first-order chi connectivity index (χ1) is 7.78. The Bertz CT molecular complexity index is 384. The van der Waals surface area contributed by atoms with Crippen LogP contribution in [0.5, 0.6) is 0 Å². The summed E-state index contributed by atoms with van der Waals surface area (Å²) in [7, 11) is 0. The highest BCUT2D eigenvalue weighted by Gasteiger charge is 2.18. The Morgan fingerprint density at radius 3 is 2.59 bits per heavy atom. The van der Waals surface area contributed by atoms with Gasteiger partial charge >= 0.3 is 6.09 Å². The molecule has 94 valence electrons. The maximum absolute atomic E-state index is 11.5. The lowest BCUT2D eigenvalue weighted by Gasteiger charge is -2.22. The average molecular weight is 257 g/mol. The van der Waals surface area contributed by atoms with Gasteiger partial charge in [0.05, 0.1) is 6.04 Å². The summed E-state index contributed by atoms with van der Waals surface area (Å²) in [5.41, 5.74) is 0.377. The van der Waals surface area contributed by atoms with E-state index in [2.05, 4.69) is 10.3 Å². The highest BCUT2D eigenvalue weighted by molar-refractivity contribution is 6.29. The first kappa shape index (κ1) is 13.8. The summed E-state index contributed by atoms with van der Waals surface area (Å²) < 4.78 is 5.16. The number of rotatable bonds is 2. The number of alkyl carbamates (subject to hydrolysis) is 1. The van der Waals surface area contributed by atoms with E-state index in [0.717, 1.165) is 5.56 Å². The predicted octanol–water partition coefficient (Wildman–Crippen LogP) is 3.32. The molecule has 0 saturated carbocycles. The van der Waals surface area contributed by atoms with E-state index in [1.165, 1.54) is 0 Å². The van der Waals surface area contributed by atoms with E-state index < -0.39 is 11.7 Å². The molecule has 17 heavy (non-hydrogen) atoms. The highest BCUT2D eigenvalue weighted by Crippen LogP contribution is 2.14. The molecule has 5 heteroatoms. The number of carbonyl (C=O) groups excluding carboxylic acids is 1. The maximum atomic E-state index is 11.5. The molecule has 0 aromatic carbocycles. The molecule has 1 amide bonds. The van der Waals surface area contributed by atoms with Gasteiger partial charge in [0.25, 0.3) is 0 Å². The van der Waals surface area contributed by atoms with Crippen molar-refractivity contribution in [3.8, 4) is 0 Å². The summed E-state index contributed by atoms with van der Waals surface area (Å²) in [5, 5.41) is 3.16. The SMILES string of the molecule is CC(NC(=O)OC(C)(C)C)c1ccc(Cl)nc1. The van der Waals surface area contributed by atoms with Crippen LogP contribution < -0.4 is 5.32 Å². The van der Waals surface area contributed by atoms with E-state index in [0.29, 0.717) is 5.15 Å². The molecule has 1 unspecified atom stereocenters. The number of hydrogen-bond acceptors (Lipinski definition) is 3. The van der Waals surface area contributed by atoms with Gasteiger partial charge in [-0.3, -0.25) is 0 Å². The van der Waals surface area contributed by atoms with Crippen LogP contribution in [0.2, 0.25) is 5.15 Å². The van der Waals surface area contributed by atoms with Crippen molar-refractivity contribution in [1.82, 2.24) is 10.3 Å². The number of carbonyl (C=O) groups is 1. The van der Waals surface area contributed by atoms with Crippen molar-refractivity contribution < 1.29 is 9.53 Å². The minimum absolute atomic E-state index is 0.172. The van der Waals surface area contributed by atoms with Crippen molar-refractivity contribution in [3.05, 3.63) is 29.0 Å². The molecule has 0 aliphatic heterocycles. The van der Waals surface area contributed by atoms with Crippen LogP contribution in [0.4, 0.5) is 4.79 Å². The van der Waals surface area contributed by atoms with Gasteiger partial charge in [-0.15, -0.1) is 0 Å². The molecule has 1 aromatic rings. The molecule has 0 spiro atoms. The first-order valence-corrected chi connectivity index (χ1v) is 5.77. The molecule has 1 atom stereocenters. The van der Waals surface area contributed by atoms with E-state index in [1.807, 2.05) is 33.8 Å². The summed E-state index contributed by atoms with van der Waals surface area (Å²) in [5.74, 6) is 0. The lowest BCUT2D eigenvalue weighted by Crippen LogP contribution is -2.34. The second-order valence-electron chi connectivity index (χ2n) is 4.78. The Hall–Kier alpha value is -1.29. The van der Waals surface area contributed by atoms with E-state index in [1.54, 1.807) is 12.3 Å². The number of halogens is 1. The van der Waals surface area contributed by atoms with Crippen LogP contribution in [0.15, 0.2) is 18.3 Å². The Balaban J connectivity index is 2.57. The number of nitrogens with zero attached hydrogens (tertiary/aromatic N) is 1. The Morgan fingerprint density at radius 2 is 2.12 bits per heavy atom. The van der Waals surface area contributed by atoms with Crippen LogP contribution >= 0.6 is 11.6 Å². The Labute approximate surface area is 106 Å². The maximum Gasteiger partial charge on any atom is 0.408 e. The zero-order valence-electron chi connectivity index (χ0n) is 10.5. The molecule has 0 aliphatic carbocycles. The van der Waals surface area contributed by atoms with Gasteiger partial charge in [0.2, 0.25) is 0 Å². The third-order valence-electron chi connectivity index (χ3n) is 1.98. The molecule has 1 heterocycles. The van der Waals surface area contributed by atoms with Crippen molar-refractivity contribution in [2.75, 3.05) is 0 Å². The molecule has 1 aromatic heterocycles. The quantitative estimate of drug-likeness (QED) is 0.826. The van der Waals surface area contributed by atoms with Gasteiger partial charge < -0.3 is 10.1 Å². The summed E-state index contributed by atoms with van der Waals surface area (Å²) in [6.07, 6.45) is 1.18. The zero-order valence-corrected chi connectivity index (χ0v) is 11.2. The van der Waals surface area contributed by atoms with Crippen LogP contribution in [0, 0.1) is 0 Å². The van der Waals surface area contributed by atoms with Gasteiger partial charge in [0.15, 0.2) is 0 Å². The smallest absolute Gasteiger partial charge is 0.408 e. The normalized spacial score (nSPS) is 13.0. The average Bonchev–Trinajstić information content (AvgIpc) is 2.15. The van der Waals surface area contributed by atoms with Crippen LogP contribution in [-0.4, -0.2) is 16.7 Å². The van der Waals surface area contributed by atoms with E-state index in [9.17, 15) is 4.79 Å². The number of pyridine rings is 1. The fraction of sp³-hybridized carbons (Fsp3) is 0.500. The van der Waals surface area contributed by atoms with E-state index in [4.69, 9.17) is 16.3 Å². The molecule has 0 bridgehead atoms. The zero-order chi connectivity index (χ0) is 13.1. The predicted molar refractivity (Wildman–Crippen MR) is 67.0 cm³/mol. The van der Waals surface area contributed by atoms with Crippen molar-refractivity contribution in [2.45, 2.75) is 39.3 Å². The van der Waals surface area contributed by atoms with Gasteiger partial charge in [-0.05, 0) is 39.3 Å². The van der Waals surface area contributed by atoms with Crippen LogP contribution in [-0.2, 0) is 4.74 Å². The Morgan fingerprint density at radius 1 is 1.47 bits per heavy atom. The van der Waals surface area contributed by atoms with Crippen molar-refractivity contribution >= 4 is 17.7 Å². The number of aromatic nitrogens is 1. The monoisotopic (exact) mass is 256 g/mol. The fourth-order valence-corrected chi connectivity index (χ4v) is 1.32. The van der Waals surface area contributed by atoms with Crippen molar-refractivity contribution in [2.24, 2.45) is 0 Å². The fourth-order valence-electron chi connectivity index (χ4n) is 1.21. The van der Waals surface area contributed by atoms with E-state index >= 15 is 0 Å². The van der Waals surface area contributed by atoms with Crippen LogP contribution in [0.3, 0.4) is 0 Å². The molecule has 1 N–H and O–H groups in total. The second kappa shape index (κ2) is 5.36. The molecular formula is C12H17ClN2O2. The second-order valence-corrected chi connectivity index (χ2v) is 5.17. The van der Waals surface area contributed by atoms with Crippen molar-refractivity contribution in [1.29, 1.82) is 0 Å². The topological polar surface area (TPSA) is 51.2 Å². The largest absolute Gasteiger partial charge is 0.444 e. The van der Waals surface area contributed by atoms with Gasteiger partial charge in [-0.1, -0.05) is 17.7 Å². The van der Waals surface area contributed by atoms with Gasteiger partial charge in [-0.2, -0.15) is 0 Å². The van der Waals surface area contributed by atoms with E-state index in [-0.39, 0.29) is 6.04 Å². The summed E-state index contributed by atoms with van der Waals surface area (Å²) >= 11 is 5.69. The lowest BCUT2D eigenvalue weighted by atomic mass is 10.1. The molecule has 0 fully saturated rings. The molecular weight excluding hydrogens is 240 g/mol. The van der Waals surface area contributed by atoms with Gasteiger partial charge in [-0.25, -0.2) is 9.78 Å². The summed E-state index contributed by atoms with van der Waals surface area (Å²) in [4.78, 5) is 15.5. The van der Waals surface area contributed by atoms with Gasteiger partial charge in [0, 0.05) is 6.20 Å². The Kier molecular flexibility index (Phi) is 4.34.